The summed E-state index contributed by atoms with van der Waals surface area (Å²) in [5.74, 6) is 0. The number of fused-ring (bicyclic) bond motifs is 1. The molecule has 0 unspecified atom stereocenters. The lowest BCUT2D eigenvalue weighted by atomic mass is 10.0. The summed E-state index contributed by atoms with van der Waals surface area (Å²) in [4.78, 5) is 2.30. The molecule has 11 heavy (non-hydrogen) atoms. The first-order valence-electron chi connectivity index (χ1n) is 3.83. The van der Waals surface area contributed by atoms with E-state index in [1.54, 1.807) is 0 Å². The number of nitrogens with zero attached hydrogens (tertiary/aromatic N) is 3. The van der Waals surface area contributed by atoms with E-state index in [1.807, 2.05) is 12.4 Å². The van der Waals surface area contributed by atoms with Gasteiger partial charge in [0.15, 0.2) is 0 Å². The minimum atomic E-state index is 1.02. The van der Waals surface area contributed by atoms with Gasteiger partial charge in [0.1, 0.15) is 0 Å². The van der Waals surface area contributed by atoms with Crippen molar-refractivity contribution in [1.29, 1.82) is 0 Å². The number of likely N-dealkylation sites (N-methyl/N-ethyl adjacent to an activating group) is 1. The molecule has 0 aromatic carbocycles. The first-order valence-corrected chi connectivity index (χ1v) is 3.83. The summed E-state index contributed by atoms with van der Waals surface area (Å²) in [6.07, 6.45) is 4.86. The lowest BCUT2D eigenvalue weighted by Crippen LogP contribution is -2.26. The van der Waals surface area contributed by atoms with Gasteiger partial charge in [-0.05, 0) is 24.6 Å². The summed E-state index contributed by atoms with van der Waals surface area (Å²) in [6, 6.07) is 0. The lowest BCUT2D eigenvalue weighted by Gasteiger charge is -2.23. The molecule has 58 valence electrons. The third-order valence-electron chi connectivity index (χ3n) is 2.11. The summed E-state index contributed by atoms with van der Waals surface area (Å²) in [7, 11) is 2.13. The number of rotatable bonds is 0. The van der Waals surface area contributed by atoms with Gasteiger partial charge in [0.05, 0.1) is 12.4 Å². The third-order valence-corrected chi connectivity index (χ3v) is 2.11. The standard InChI is InChI=1S/C8H11N3/c1-11-3-2-7-4-9-10-5-8(7)6-11/h4-5H,2-3,6H2,1H3. The smallest absolute Gasteiger partial charge is 0.0544 e. The molecular formula is C8H11N3. The molecule has 0 N–H and O–H groups in total. The van der Waals surface area contributed by atoms with Crippen LogP contribution in [0.15, 0.2) is 12.4 Å². The van der Waals surface area contributed by atoms with Crippen molar-refractivity contribution in [1.82, 2.24) is 15.1 Å². The van der Waals surface area contributed by atoms with Crippen LogP contribution in [0.3, 0.4) is 0 Å². The van der Waals surface area contributed by atoms with Crippen LogP contribution in [-0.4, -0.2) is 28.7 Å². The Hall–Kier alpha value is -0.960. The van der Waals surface area contributed by atoms with Gasteiger partial charge < -0.3 is 4.90 Å². The van der Waals surface area contributed by atoms with E-state index in [-0.39, 0.29) is 0 Å². The highest BCUT2D eigenvalue weighted by Gasteiger charge is 2.12. The van der Waals surface area contributed by atoms with Crippen LogP contribution in [0.25, 0.3) is 0 Å². The number of aromatic nitrogens is 2. The molecule has 0 radical (unpaired) electrons. The largest absolute Gasteiger partial charge is 0.302 e. The highest BCUT2D eigenvalue weighted by molar-refractivity contribution is 5.22. The third kappa shape index (κ3) is 1.24. The summed E-state index contributed by atoms with van der Waals surface area (Å²) < 4.78 is 0. The molecule has 0 bridgehead atoms. The second kappa shape index (κ2) is 2.58. The molecule has 0 saturated heterocycles. The van der Waals surface area contributed by atoms with E-state index in [4.69, 9.17) is 0 Å². The SMILES string of the molecule is CN1CCc2cnncc2C1. The Kier molecular flexibility index (Phi) is 1.58. The van der Waals surface area contributed by atoms with Crippen LogP contribution in [-0.2, 0) is 13.0 Å². The molecule has 3 nitrogen and oxygen atoms in total. The molecule has 0 amide bonds. The van der Waals surface area contributed by atoms with Crippen LogP contribution >= 0.6 is 0 Å². The van der Waals surface area contributed by atoms with E-state index in [0.29, 0.717) is 0 Å². The Morgan fingerprint density at radius 2 is 2.00 bits per heavy atom. The van der Waals surface area contributed by atoms with Crippen molar-refractivity contribution < 1.29 is 0 Å². The van der Waals surface area contributed by atoms with Crippen molar-refractivity contribution in [3.8, 4) is 0 Å². The fourth-order valence-corrected chi connectivity index (χ4v) is 1.42. The average molecular weight is 149 g/mol. The topological polar surface area (TPSA) is 29.0 Å². The molecule has 3 heteroatoms. The Morgan fingerprint density at radius 3 is 2.82 bits per heavy atom. The first-order chi connectivity index (χ1) is 5.36. The van der Waals surface area contributed by atoms with Crippen molar-refractivity contribution in [2.24, 2.45) is 0 Å². The minimum absolute atomic E-state index is 1.02. The molecule has 0 atom stereocenters. The van der Waals surface area contributed by atoms with Crippen LogP contribution in [0.4, 0.5) is 0 Å². The zero-order chi connectivity index (χ0) is 7.68. The van der Waals surface area contributed by atoms with Gasteiger partial charge in [-0.3, -0.25) is 0 Å². The Bertz CT molecular complexity index is 259. The van der Waals surface area contributed by atoms with Crippen LogP contribution in [0.1, 0.15) is 11.1 Å². The van der Waals surface area contributed by atoms with Crippen molar-refractivity contribution in [3.63, 3.8) is 0 Å². The monoisotopic (exact) mass is 149 g/mol. The molecule has 1 aliphatic heterocycles. The summed E-state index contributed by atoms with van der Waals surface area (Å²) in [5.41, 5.74) is 2.69. The van der Waals surface area contributed by atoms with Crippen LogP contribution in [0.2, 0.25) is 0 Å². The Morgan fingerprint density at radius 1 is 1.27 bits per heavy atom. The molecule has 1 aromatic heterocycles. The van der Waals surface area contributed by atoms with Crippen LogP contribution in [0.5, 0.6) is 0 Å². The fraction of sp³-hybridized carbons (Fsp3) is 0.500. The summed E-state index contributed by atoms with van der Waals surface area (Å²) >= 11 is 0. The maximum absolute atomic E-state index is 3.86. The molecule has 0 spiro atoms. The van der Waals surface area contributed by atoms with E-state index in [2.05, 4.69) is 22.1 Å². The lowest BCUT2D eigenvalue weighted by molar-refractivity contribution is 0.311. The zero-order valence-electron chi connectivity index (χ0n) is 6.62. The Labute approximate surface area is 66.1 Å². The molecule has 2 rings (SSSR count). The second-order valence-corrected chi connectivity index (χ2v) is 3.03. The molecule has 2 heterocycles. The van der Waals surface area contributed by atoms with E-state index in [9.17, 15) is 0 Å². The van der Waals surface area contributed by atoms with E-state index >= 15 is 0 Å². The maximum atomic E-state index is 3.86. The summed E-state index contributed by atoms with van der Waals surface area (Å²) in [6.45, 7) is 2.16. The molecule has 0 aliphatic carbocycles. The highest BCUT2D eigenvalue weighted by atomic mass is 15.1. The average Bonchev–Trinajstić information content (AvgIpc) is 2.04. The van der Waals surface area contributed by atoms with E-state index in [0.717, 1.165) is 19.5 Å². The second-order valence-electron chi connectivity index (χ2n) is 3.03. The maximum Gasteiger partial charge on any atom is 0.0544 e. The van der Waals surface area contributed by atoms with Gasteiger partial charge in [0.2, 0.25) is 0 Å². The van der Waals surface area contributed by atoms with Gasteiger partial charge in [0, 0.05) is 13.1 Å². The molecule has 1 aromatic rings. The van der Waals surface area contributed by atoms with Gasteiger partial charge in [-0.25, -0.2) is 0 Å². The van der Waals surface area contributed by atoms with Crippen molar-refractivity contribution in [2.75, 3.05) is 13.6 Å². The predicted molar refractivity (Wildman–Crippen MR) is 42.1 cm³/mol. The van der Waals surface area contributed by atoms with Crippen molar-refractivity contribution in [2.45, 2.75) is 13.0 Å². The summed E-state index contributed by atoms with van der Waals surface area (Å²) in [5, 5.41) is 7.71. The highest BCUT2D eigenvalue weighted by Crippen LogP contribution is 2.14. The molecular weight excluding hydrogens is 138 g/mol. The Balaban J connectivity index is 2.34. The fourth-order valence-electron chi connectivity index (χ4n) is 1.42. The van der Waals surface area contributed by atoms with Crippen molar-refractivity contribution in [3.05, 3.63) is 23.5 Å². The predicted octanol–water partition coefficient (Wildman–Crippen LogP) is 0.465. The zero-order valence-corrected chi connectivity index (χ0v) is 6.62. The number of hydrogen-bond acceptors (Lipinski definition) is 3. The van der Waals surface area contributed by atoms with E-state index < -0.39 is 0 Å². The molecule has 0 fully saturated rings. The molecule has 0 saturated carbocycles. The molecule has 1 aliphatic rings. The van der Waals surface area contributed by atoms with Gasteiger partial charge in [-0.2, -0.15) is 10.2 Å². The normalized spacial score (nSPS) is 17.9. The minimum Gasteiger partial charge on any atom is -0.302 e. The van der Waals surface area contributed by atoms with E-state index in [1.165, 1.54) is 11.1 Å². The number of hydrogen-bond donors (Lipinski definition) is 0. The van der Waals surface area contributed by atoms with Crippen LogP contribution in [0, 0.1) is 0 Å². The van der Waals surface area contributed by atoms with Gasteiger partial charge >= 0.3 is 0 Å². The van der Waals surface area contributed by atoms with Gasteiger partial charge in [-0.1, -0.05) is 0 Å². The van der Waals surface area contributed by atoms with Crippen molar-refractivity contribution >= 4 is 0 Å². The van der Waals surface area contributed by atoms with Gasteiger partial charge in [0.25, 0.3) is 0 Å². The van der Waals surface area contributed by atoms with Gasteiger partial charge in [-0.15, -0.1) is 0 Å². The quantitative estimate of drug-likeness (QED) is 0.536. The van der Waals surface area contributed by atoms with Crippen LogP contribution < -0.4 is 0 Å². The first kappa shape index (κ1) is 6.73.